The second-order valence-electron chi connectivity index (χ2n) is 15.6. The molecule has 13 nitrogen and oxygen atoms in total. The number of carbonyl (C=O) groups excluding carboxylic acids is 2. The van der Waals surface area contributed by atoms with E-state index in [1.54, 1.807) is 0 Å². The van der Waals surface area contributed by atoms with Crippen LogP contribution in [0.2, 0.25) is 0 Å². The standard InChI is InChI=1S/C44H79O13P/c1-3-5-7-9-11-13-15-16-17-18-19-20-21-22-23-25-27-29-31-33-38(46)56-36(34-54-37(45)32-30-28-26-24-14-12-10-8-6-4-2)35-55-58(52,53)57-44-42(50)40(48)39(47)41(49)43(44)51/h11,13,16-17,19-20,36,39-44,47-51H,3-10,12,14-15,18,21-35H2,1-2H3,(H,52,53)/b13-11-,17-16-,20-19-. The Balaban J connectivity index is 2.46. The van der Waals surface area contributed by atoms with Crippen LogP contribution in [0.1, 0.15) is 174 Å². The third kappa shape index (κ3) is 27.0. The van der Waals surface area contributed by atoms with E-state index in [1.165, 1.54) is 57.8 Å². The highest BCUT2D eigenvalue weighted by atomic mass is 31.2. The number of esters is 2. The number of aliphatic hydroxyl groups is 5. The number of unbranched alkanes of at least 4 members (excludes halogenated alkanes) is 18. The van der Waals surface area contributed by atoms with Gasteiger partial charge in [-0.3, -0.25) is 18.6 Å². The summed E-state index contributed by atoms with van der Waals surface area (Å²) in [4.78, 5) is 35.6. The molecule has 0 bridgehead atoms. The topological polar surface area (TPSA) is 210 Å². The largest absolute Gasteiger partial charge is 0.472 e. The highest BCUT2D eigenvalue weighted by Gasteiger charge is 2.51. The average Bonchev–Trinajstić information content (AvgIpc) is 3.20. The van der Waals surface area contributed by atoms with Crippen molar-refractivity contribution in [3.8, 4) is 0 Å². The quantitative estimate of drug-likeness (QED) is 0.0152. The van der Waals surface area contributed by atoms with Crippen LogP contribution in [0.25, 0.3) is 0 Å². The molecule has 1 aliphatic rings. The zero-order valence-corrected chi connectivity index (χ0v) is 36.5. The van der Waals surface area contributed by atoms with E-state index in [4.69, 9.17) is 18.5 Å². The maximum Gasteiger partial charge on any atom is 0.472 e. The van der Waals surface area contributed by atoms with Gasteiger partial charge in [0.2, 0.25) is 0 Å². The molecule has 1 aliphatic carbocycles. The number of hydrogen-bond donors (Lipinski definition) is 6. The van der Waals surface area contributed by atoms with Crippen LogP contribution in [0.4, 0.5) is 0 Å². The van der Waals surface area contributed by atoms with Crippen molar-refractivity contribution in [2.24, 2.45) is 0 Å². The molecular weight excluding hydrogens is 767 g/mol. The average molecular weight is 847 g/mol. The number of rotatable bonds is 36. The molecule has 338 valence electrons. The third-order valence-corrected chi connectivity index (χ3v) is 11.2. The fourth-order valence-corrected chi connectivity index (χ4v) is 7.56. The number of phosphoric ester groups is 1. The van der Waals surface area contributed by atoms with Crippen molar-refractivity contribution < 1.29 is 63.1 Å². The molecular formula is C44H79O13P. The smallest absolute Gasteiger partial charge is 0.462 e. The summed E-state index contributed by atoms with van der Waals surface area (Å²) in [5, 5.41) is 50.0. The Morgan fingerprint density at radius 3 is 1.45 bits per heavy atom. The lowest BCUT2D eigenvalue weighted by atomic mass is 9.85. The summed E-state index contributed by atoms with van der Waals surface area (Å²) in [7, 11) is -5.12. The first kappa shape index (κ1) is 54.1. The van der Waals surface area contributed by atoms with Crippen molar-refractivity contribution in [1.29, 1.82) is 0 Å². The number of carbonyl (C=O) groups is 2. The second-order valence-corrected chi connectivity index (χ2v) is 17.0. The normalized spacial score (nSPS) is 22.8. The van der Waals surface area contributed by atoms with Crippen molar-refractivity contribution in [3.05, 3.63) is 36.5 Å². The van der Waals surface area contributed by atoms with Gasteiger partial charge in [0.05, 0.1) is 6.61 Å². The number of allylic oxidation sites excluding steroid dienone is 6. The number of ether oxygens (including phenoxy) is 2. The van der Waals surface area contributed by atoms with Gasteiger partial charge in [-0.05, 0) is 51.4 Å². The maximum absolute atomic E-state index is 12.8. The van der Waals surface area contributed by atoms with Gasteiger partial charge in [-0.25, -0.2) is 4.57 Å². The zero-order chi connectivity index (χ0) is 42.9. The van der Waals surface area contributed by atoms with Crippen LogP contribution in [0, 0.1) is 0 Å². The van der Waals surface area contributed by atoms with E-state index in [1.807, 2.05) is 0 Å². The van der Waals surface area contributed by atoms with Gasteiger partial charge in [0.25, 0.3) is 0 Å². The molecule has 0 aliphatic heterocycles. The van der Waals surface area contributed by atoms with Gasteiger partial charge in [-0.15, -0.1) is 0 Å². The van der Waals surface area contributed by atoms with E-state index in [0.29, 0.717) is 12.8 Å². The molecule has 1 rings (SSSR count). The Morgan fingerprint density at radius 2 is 0.931 bits per heavy atom. The predicted octanol–water partition coefficient (Wildman–Crippen LogP) is 8.22. The third-order valence-electron chi connectivity index (χ3n) is 10.2. The van der Waals surface area contributed by atoms with Crippen LogP contribution >= 0.6 is 7.82 Å². The van der Waals surface area contributed by atoms with Crippen LogP contribution < -0.4 is 0 Å². The van der Waals surface area contributed by atoms with E-state index in [2.05, 4.69) is 50.3 Å². The van der Waals surface area contributed by atoms with Crippen LogP contribution in [0.15, 0.2) is 36.5 Å². The lowest BCUT2D eigenvalue weighted by Crippen LogP contribution is -2.64. The first-order valence-electron chi connectivity index (χ1n) is 22.3. The second kappa shape index (κ2) is 34.7. The summed E-state index contributed by atoms with van der Waals surface area (Å²) in [5.41, 5.74) is 0. The minimum absolute atomic E-state index is 0.0831. The lowest BCUT2D eigenvalue weighted by Gasteiger charge is -2.41. The molecule has 14 heteroatoms. The van der Waals surface area contributed by atoms with Gasteiger partial charge in [0, 0.05) is 12.8 Å². The first-order valence-corrected chi connectivity index (χ1v) is 23.8. The van der Waals surface area contributed by atoms with Crippen molar-refractivity contribution in [3.63, 3.8) is 0 Å². The number of aliphatic hydroxyl groups excluding tert-OH is 5. The molecule has 0 saturated heterocycles. The monoisotopic (exact) mass is 847 g/mol. The van der Waals surface area contributed by atoms with Crippen LogP contribution in [-0.4, -0.2) is 98.3 Å². The first-order chi connectivity index (χ1) is 27.9. The van der Waals surface area contributed by atoms with Crippen molar-refractivity contribution >= 4 is 19.8 Å². The minimum Gasteiger partial charge on any atom is -0.462 e. The molecule has 1 fully saturated rings. The molecule has 0 aromatic rings. The lowest BCUT2D eigenvalue weighted by molar-refractivity contribution is -0.220. The van der Waals surface area contributed by atoms with Gasteiger partial charge in [0.1, 0.15) is 43.2 Å². The molecule has 0 aromatic heterocycles. The van der Waals surface area contributed by atoms with Crippen molar-refractivity contribution in [1.82, 2.24) is 0 Å². The van der Waals surface area contributed by atoms with Crippen molar-refractivity contribution in [2.45, 2.75) is 217 Å². The molecule has 0 heterocycles. The van der Waals surface area contributed by atoms with E-state index in [-0.39, 0.29) is 12.8 Å². The van der Waals surface area contributed by atoms with E-state index < -0.39 is 75.7 Å². The Kier molecular flexibility index (Phi) is 32.4. The summed E-state index contributed by atoms with van der Waals surface area (Å²) < 4.78 is 33.4. The van der Waals surface area contributed by atoms with Crippen molar-refractivity contribution in [2.75, 3.05) is 13.2 Å². The van der Waals surface area contributed by atoms with Crippen LogP contribution in [-0.2, 0) is 32.7 Å². The molecule has 0 aromatic carbocycles. The Morgan fingerprint density at radius 1 is 0.534 bits per heavy atom. The van der Waals surface area contributed by atoms with Gasteiger partial charge in [0.15, 0.2) is 6.10 Å². The Hall–Kier alpha value is -1.93. The molecule has 58 heavy (non-hydrogen) atoms. The van der Waals surface area contributed by atoms with E-state index >= 15 is 0 Å². The van der Waals surface area contributed by atoms with E-state index in [9.17, 15) is 44.6 Å². The Bertz CT molecular complexity index is 1160. The summed E-state index contributed by atoms with van der Waals surface area (Å²) in [5.74, 6) is -1.11. The Labute approximate surface area is 348 Å². The highest BCUT2D eigenvalue weighted by Crippen LogP contribution is 2.47. The molecule has 6 N–H and O–H groups in total. The number of phosphoric acid groups is 1. The van der Waals surface area contributed by atoms with E-state index in [0.717, 1.165) is 77.0 Å². The fraction of sp³-hybridized carbons (Fsp3) is 0.818. The van der Waals surface area contributed by atoms with Gasteiger partial charge >= 0.3 is 19.8 Å². The zero-order valence-electron chi connectivity index (χ0n) is 35.6. The number of hydrogen-bond acceptors (Lipinski definition) is 12. The molecule has 6 unspecified atom stereocenters. The van der Waals surface area contributed by atoms with Gasteiger partial charge < -0.3 is 39.9 Å². The summed E-state index contributed by atoms with van der Waals surface area (Å²) in [6, 6.07) is 0. The predicted molar refractivity (Wildman–Crippen MR) is 226 cm³/mol. The highest BCUT2D eigenvalue weighted by molar-refractivity contribution is 7.47. The molecule has 0 amide bonds. The molecule has 1 saturated carbocycles. The molecule has 6 atom stereocenters. The van der Waals surface area contributed by atoms with Gasteiger partial charge in [-0.1, -0.05) is 147 Å². The van der Waals surface area contributed by atoms with Crippen LogP contribution in [0.3, 0.4) is 0 Å². The molecule has 0 spiro atoms. The summed E-state index contributed by atoms with van der Waals surface area (Å²) in [6.07, 6.45) is 24.9. The minimum atomic E-state index is -5.12. The summed E-state index contributed by atoms with van der Waals surface area (Å²) >= 11 is 0. The van der Waals surface area contributed by atoms with Crippen LogP contribution in [0.5, 0.6) is 0 Å². The SMILES string of the molecule is CCCCC/C=C\C/C=C\C/C=C\CCCCCCCCC(=O)OC(COC(=O)CCCCCCCCCCCC)COP(=O)(O)OC1C(O)C(O)C(O)C(O)C1O. The fourth-order valence-electron chi connectivity index (χ4n) is 6.59. The van der Waals surface area contributed by atoms with Gasteiger partial charge in [-0.2, -0.15) is 0 Å². The summed E-state index contributed by atoms with van der Waals surface area (Å²) in [6.45, 7) is 3.23. The molecule has 0 radical (unpaired) electrons. The maximum atomic E-state index is 12.8.